The molecule has 2 saturated heterocycles. The first kappa shape index (κ1) is 12.2. The topological polar surface area (TPSA) is 89.8 Å². The summed E-state index contributed by atoms with van der Waals surface area (Å²) in [5, 5.41) is 10.6. The lowest BCUT2D eigenvalue weighted by Crippen LogP contribution is -2.34. The Bertz CT molecular complexity index is 666. The zero-order chi connectivity index (χ0) is 14.7. The summed E-state index contributed by atoms with van der Waals surface area (Å²) in [5.41, 5.74) is 0.285. The lowest BCUT2D eigenvalue weighted by Gasteiger charge is -2.17. The number of imide groups is 1. The zero-order valence-corrected chi connectivity index (χ0v) is 10.7. The molecule has 1 aromatic rings. The number of ether oxygens (including phenoxy) is 1. The Morgan fingerprint density at radius 1 is 1.00 bits per heavy atom. The number of hydrogen-bond acceptors (Lipinski definition) is 5. The van der Waals surface area contributed by atoms with E-state index in [0.29, 0.717) is 5.69 Å². The van der Waals surface area contributed by atoms with Gasteiger partial charge in [-0.2, -0.15) is 0 Å². The van der Waals surface area contributed by atoms with E-state index in [0.717, 1.165) is 4.90 Å². The third kappa shape index (κ3) is 1.52. The number of nitro benzene ring substituents is 1. The van der Waals surface area contributed by atoms with Gasteiger partial charge in [-0.3, -0.25) is 19.7 Å². The van der Waals surface area contributed by atoms with Gasteiger partial charge in [0.1, 0.15) is 0 Å². The summed E-state index contributed by atoms with van der Waals surface area (Å²) >= 11 is 0. The zero-order valence-electron chi connectivity index (χ0n) is 10.7. The van der Waals surface area contributed by atoms with E-state index in [1.807, 2.05) is 12.2 Å². The minimum atomic E-state index is -0.524. The van der Waals surface area contributed by atoms with Crippen LogP contribution in [0.1, 0.15) is 0 Å². The average Bonchev–Trinajstić information content (AvgIpc) is 3.13. The Labute approximate surface area is 118 Å². The van der Waals surface area contributed by atoms with Crippen molar-refractivity contribution in [3.8, 4) is 0 Å². The van der Waals surface area contributed by atoms with Crippen LogP contribution >= 0.6 is 0 Å². The van der Waals surface area contributed by atoms with Crippen LogP contribution in [0.3, 0.4) is 0 Å². The third-order valence-electron chi connectivity index (χ3n) is 4.23. The number of fused-ring (bicyclic) bond motifs is 5. The molecule has 0 saturated carbocycles. The molecule has 106 valence electrons. The summed E-state index contributed by atoms with van der Waals surface area (Å²) in [4.78, 5) is 36.2. The van der Waals surface area contributed by atoms with Crippen molar-refractivity contribution < 1.29 is 19.2 Å². The van der Waals surface area contributed by atoms with Crippen molar-refractivity contribution in [3.05, 3.63) is 46.5 Å². The van der Waals surface area contributed by atoms with Gasteiger partial charge in [-0.05, 0) is 12.1 Å². The second-order valence-electron chi connectivity index (χ2n) is 5.29. The lowest BCUT2D eigenvalue weighted by molar-refractivity contribution is -0.384. The van der Waals surface area contributed by atoms with Crippen LogP contribution in [0, 0.1) is 22.0 Å². The number of anilines is 1. The maximum atomic E-state index is 12.5. The molecule has 0 aliphatic carbocycles. The molecule has 1 aromatic carbocycles. The van der Waals surface area contributed by atoms with E-state index in [1.54, 1.807) is 0 Å². The molecule has 4 atom stereocenters. The number of carbonyl (C=O) groups excluding carboxylic acids is 2. The highest BCUT2D eigenvalue weighted by atomic mass is 16.6. The van der Waals surface area contributed by atoms with E-state index in [9.17, 15) is 19.7 Å². The second-order valence-corrected chi connectivity index (χ2v) is 5.29. The van der Waals surface area contributed by atoms with E-state index in [1.165, 1.54) is 24.3 Å². The Morgan fingerprint density at radius 2 is 1.52 bits per heavy atom. The van der Waals surface area contributed by atoms with E-state index < -0.39 is 16.8 Å². The summed E-state index contributed by atoms with van der Waals surface area (Å²) in [5.74, 6) is -1.53. The standard InChI is InChI=1S/C14H10N2O5/c17-13-11-9-5-6-10(21-9)12(11)14(18)15(13)7-1-3-8(4-2-7)16(19)20/h1-6,9-12H/t9-,10-,11-,12+/m0/s1. The van der Waals surface area contributed by atoms with Crippen LogP contribution in [-0.4, -0.2) is 28.9 Å². The van der Waals surface area contributed by atoms with Crippen molar-refractivity contribution in [1.29, 1.82) is 0 Å². The van der Waals surface area contributed by atoms with Gasteiger partial charge in [0.2, 0.25) is 11.8 Å². The fourth-order valence-corrected chi connectivity index (χ4v) is 3.28. The van der Waals surface area contributed by atoms with Crippen LogP contribution in [0.15, 0.2) is 36.4 Å². The first-order chi connectivity index (χ1) is 10.1. The summed E-state index contributed by atoms with van der Waals surface area (Å²) in [7, 11) is 0. The molecule has 0 spiro atoms. The second kappa shape index (κ2) is 3.98. The number of nitro groups is 1. The lowest BCUT2D eigenvalue weighted by atomic mass is 9.85. The van der Waals surface area contributed by atoms with Crippen molar-refractivity contribution in [1.82, 2.24) is 0 Å². The largest absolute Gasteiger partial charge is 0.365 e. The predicted octanol–water partition coefficient (Wildman–Crippen LogP) is 1.04. The number of carbonyl (C=O) groups is 2. The minimum Gasteiger partial charge on any atom is -0.365 e. The first-order valence-electron chi connectivity index (χ1n) is 6.54. The van der Waals surface area contributed by atoms with Gasteiger partial charge in [-0.1, -0.05) is 12.2 Å². The van der Waals surface area contributed by atoms with Crippen LogP contribution in [0.2, 0.25) is 0 Å². The molecular formula is C14H10N2O5. The quantitative estimate of drug-likeness (QED) is 0.350. The molecule has 21 heavy (non-hydrogen) atoms. The molecule has 3 aliphatic rings. The molecule has 4 rings (SSSR count). The Morgan fingerprint density at radius 3 is 2.00 bits per heavy atom. The van der Waals surface area contributed by atoms with Crippen molar-refractivity contribution in [3.63, 3.8) is 0 Å². The minimum absolute atomic E-state index is 0.0805. The number of amides is 2. The fraction of sp³-hybridized carbons (Fsp3) is 0.286. The number of hydrogen-bond donors (Lipinski definition) is 0. The molecule has 7 nitrogen and oxygen atoms in total. The molecule has 0 aromatic heterocycles. The molecule has 0 unspecified atom stereocenters. The summed E-state index contributed by atoms with van der Waals surface area (Å²) < 4.78 is 5.55. The maximum absolute atomic E-state index is 12.5. The summed E-state index contributed by atoms with van der Waals surface area (Å²) in [6, 6.07) is 5.41. The monoisotopic (exact) mass is 286 g/mol. The van der Waals surface area contributed by atoms with E-state index >= 15 is 0 Å². The van der Waals surface area contributed by atoms with E-state index in [-0.39, 0.29) is 29.7 Å². The van der Waals surface area contributed by atoms with Gasteiger partial charge in [0.25, 0.3) is 5.69 Å². The highest BCUT2D eigenvalue weighted by molar-refractivity contribution is 6.23. The van der Waals surface area contributed by atoms with Crippen LogP contribution in [0.5, 0.6) is 0 Å². The molecule has 3 heterocycles. The highest BCUT2D eigenvalue weighted by Crippen LogP contribution is 2.46. The number of rotatable bonds is 2. The van der Waals surface area contributed by atoms with Gasteiger partial charge in [-0.15, -0.1) is 0 Å². The van der Waals surface area contributed by atoms with Gasteiger partial charge >= 0.3 is 0 Å². The molecular weight excluding hydrogens is 276 g/mol. The van der Waals surface area contributed by atoms with Gasteiger partial charge in [0.15, 0.2) is 0 Å². The van der Waals surface area contributed by atoms with E-state index in [2.05, 4.69) is 0 Å². The maximum Gasteiger partial charge on any atom is 0.269 e. The Hall–Kier alpha value is -2.54. The molecule has 7 heteroatoms. The Balaban J connectivity index is 1.69. The molecule has 0 N–H and O–H groups in total. The van der Waals surface area contributed by atoms with Crippen LogP contribution in [0.25, 0.3) is 0 Å². The molecule has 2 amide bonds. The summed E-state index contributed by atoms with van der Waals surface area (Å²) in [6.07, 6.45) is 2.96. The van der Waals surface area contributed by atoms with Gasteiger partial charge < -0.3 is 4.74 Å². The number of non-ortho nitro benzene ring substituents is 1. The SMILES string of the molecule is O=C1[C@@H]2[C@H](C(=O)N1c1ccc([N+](=O)[O-])cc1)[C@@H]1C=C[C@@H]2O1. The van der Waals surface area contributed by atoms with Gasteiger partial charge in [0.05, 0.1) is 34.7 Å². The van der Waals surface area contributed by atoms with Crippen LogP contribution in [-0.2, 0) is 14.3 Å². The third-order valence-corrected chi connectivity index (χ3v) is 4.23. The van der Waals surface area contributed by atoms with Gasteiger partial charge in [0, 0.05) is 12.1 Å². The average molecular weight is 286 g/mol. The molecule has 2 fully saturated rings. The number of benzene rings is 1. The number of nitrogens with zero attached hydrogens (tertiary/aromatic N) is 2. The van der Waals surface area contributed by atoms with Crippen molar-refractivity contribution in [2.75, 3.05) is 4.90 Å². The van der Waals surface area contributed by atoms with Crippen LogP contribution in [0.4, 0.5) is 11.4 Å². The first-order valence-corrected chi connectivity index (χ1v) is 6.54. The smallest absolute Gasteiger partial charge is 0.269 e. The van der Waals surface area contributed by atoms with Crippen molar-refractivity contribution >= 4 is 23.2 Å². The molecule has 2 bridgehead atoms. The molecule has 0 radical (unpaired) electrons. The van der Waals surface area contributed by atoms with Crippen molar-refractivity contribution in [2.45, 2.75) is 12.2 Å². The van der Waals surface area contributed by atoms with Crippen molar-refractivity contribution in [2.24, 2.45) is 11.8 Å². The Kier molecular flexibility index (Phi) is 2.32. The molecule has 3 aliphatic heterocycles. The van der Waals surface area contributed by atoms with Crippen LogP contribution < -0.4 is 4.90 Å². The normalized spacial score (nSPS) is 32.9. The highest BCUT2D eigenvalue weighted by Gasteiger charge is 2.60. The predicted molar refractivity (Wildman–Crippen MR) is 70.4 cm³/mol. The van der Waals surface area contributed by atoms with Gasteiger partial charge in [-0.25, -0.2) is 4.90 Å². The fourth-order valence-electron chi connectivity index (χ4n) is 3.28. The summed E-state index contributed by atoms with van der Waals surface area (Å²) in [6.45, 7) is 0. The van der Waals surface area contributed by atoms with E-state index in [4.69, 9.17) is 4.74 Å².